The summed E-state index contributed by atoms with van der Waals surface area (Å²) in [6.45, 7) is 3.75. The zero-order valence-corrected chi connectivity index (χ0v) is 12.2. The minimum absolute atomic E-state index is 0.0657. The van der Waals surface area contributed by atoms with Crippen molar-refractivity contribution in [2.45, 2.75) is 20.3 Å². The van der Waals surface area contributed by atoms with Crippen molar-refractivity contribution in [2.24, 2.45) is 0 Å². The zero-order valence-electron chi connectivity index (χ0n) is 12.2. The van der Waals surface area contributed by atoms with Crippen molar-refractivity contribution in [2.75, 3.05) is 26.1 Å². The molecule has 1 N–H and O–H groups in total. The van der Waals surface area contributed by atoms with E-state index in [1.165, 1.54) is 0 Å². The molecule has 0 aliphatic rings. The number of carbonyl (C=O) groups excluding carboxylic acids is 1. The molecule has 108 valence electrons. The molecule has 5 nitrogen and oxygen atoms in total. The third kappa shape index (κ3) is 4.09. The maximum absolute atomic E-state index is 11.6. The number of methoxy groups -OCH3 is 2. The van der Waals surface area contributed by atoms with Crippen LogP contribution in [0.5, 0.6) is 11.5 Å². The van der Waals surface area contributed by atoms with Gasteiger partial charge in [-0.3, -0.25) is 5.32 Å². The predicted octanol–water partition coefficient (Wildman–Crippen LogP) is 2.84. The number of ether oxygens (including phenoxy) is 3. The maximum Gasteiger partial charge on any atom is 0.412 e. The standard InChI is InChI=1S/C15H19NO4/c1-5-7-8-20-15(17)16-12-9-11(6-2)14(19-4)13(10-12)18-3/h9-10H,6,8H2,1-4H3,(H,16,17). The molecule has 0 unspecified atom stereocenters. The first-order chi connectivity index (χ1) is 9.65. The molecule has 0 aromatic heterocycles. The molecule has 0 saturated heterocycles. The quantitative estimate of drug-likeness (QED) is 0.841. The first-order valence-corrected chi connectivity index (χ1v) is 6.24. The van der Waals surface area contributed by atoms with Crippen LogP contribution in [-0.4, -0.2) is 26.9 Å². The summed E-state index contributed by atoms with van der Waals surface area (Å²) < 4.78 is 15.5. The molecule has 0 saturated carbocycles. The van der Waals surface area contributed by atoms with E-state index in [4.69, 9.17) is 14.2 Å². The van der Waals surface area contributed by atoms with Gasteiger partial charge in [-0.1, -0.05) is 12.8 Å². The van der Waals surface area contributed by atoms with Gasteiger partial charge in [0.15, 0.2) is 18.1 Å². The highest BCUT2D eigenvalue weighted by Gasteiger charge is 2.12. The van der Waals surface area contributed by atoms with Crippen LogP contribution in [0.4, 0.5) is 10.5 Å². The van der Waals surface area contributed by atoms with Crippen molar-refractivity contribution >= 4 is 11.8 Å². The summed E-state index contributed by atoms with van der Waals surface area (Å²) in [5, 5.41) is 2.64. The van der Waals surface area contributed by atoms with E-state index in [-0.39, 0.29) is 6.61 Å². The molecule has 1 aromatic rings. The van der Waals surface area contributed by atoms with Crippen LogP contribution >= 0.6 is 0 Å². The average molecular weight is 277 g/mol. The fourth-order valence-corrected chi connectivity index (χ4v) is 1.71. The minimum Gasteiger partial charge on any atom is -0.493 e. The van der Waals surface area contributed by atoms with Gasteiger partial charge in [0.1, 0.15) is 0 Å². The van der Waals surface area contributed by atoms with E-state index < -0.39 is 6.09 Å². The lowest BCUT2D eigenvalue weighted by Crippen LogP contribution is -2.14. The Labute approximate surface area is 119 Å². The van der Waals surface area contributed by atoms with Crippen LogP contribution in [0.1, 0.15) is 19.4 Å². The van der Waals surface area contributed by atoms with Gasteiger partial charge in [-0.15, -0.1) is 5.92 Å². The van der Waals surface area contributed by atoms with Crippen LogP contribution in [0.3, 0.4) is 0 Å². The predicted molar refractivity (Wildman–Crippen MR) is 77.3 cm³/mol. The van der Waals surface area contributed by atoms with Crippen molar-refractivity contribution < 1.29 is 19.0 Å². The number of benzene rings is 1. The summed E-state index contributed by atoms with van der Waals surface area (Å²) >= 11 is 0. The highest BCUT2D eigenvalue weighted by Crippen LogP contribution is 2.34. The second-order valence-corrected chi connectivity index (χ2v) is 3.85. The van der Waals surface area contributed by atoms with Crippen molar-refractivity contribution in [3.05, 3.63) is 17.7 Å². The number of hydrogen-bond acceptors (Lipinski definition) is 4. The molecule has 20 heavy (non-hydrogen) atoms. The van der Waals surface area contributed by atoms with Crippen LogP contribution in [0.15, 0.2) is 12.1 Å². The lowest BCUT2D eigenvalue weighted by molar-refractivity contribution is 0.176. The Hall–Kier alpha value is -2.35. The smallest absolute Gasteiger partial charge is 0.412 e. The summed E-state index contributed by atoms with van der Waals surface area (Å²) in [6, 6.07) is 3.51. The lowest BCUT2D eigenvalue weighted by Gasteiger charge is -2.14. The van der Waals surface area contributed by atoms with E-state index in [1.807, 2.05) is 13.0 Å². The second-order valence-electron chi connectivity index (χ2n) is 3.85. The Kier molecular flexibility index (Phi) is 6.24. The Balaban J connectivity index is 2.89. The SMILES string of the molecule is CC#CCOC(=O)Nc1cc(CC)c(OC)c(OC)c1. The van der Waals surface area contributed by atoms with Gasteiger partial charge in [0, 0.05) is 11.8 Å². The van der Waals surface area contributed by atoms with Gasteiger partial charge < -0.3 is 14.2 Å². The second kappa shape index (κ2) is 7.95. The molecule has 1 aromatic carbocycles. The third-order valence-corrected chi connectivity index (χ3v) is 2.64. The van der Waals surface area contributed by atoms with Gasteiger partial charge >= 0.3 is 6.09 Å². The molecule has 0 fully saturated rings. The summed E-state index contributed by atoms with van der Waals surface area (Å²) in [4.78, 5) is 11.6. The fourth-order valence-electron chi connectivity index (χ4n) is 1.71. The molecule has 5 heteroatoms. The number of rotatable bonds is 5. The van der Waals surface area contributed by atoms with Crippen molar-refractivity contribution in [1.82, 2.24) is 0 Å². The molecule has 0 heterocycles. The first kappa shape index (κ1) is 15.7. The number of anilines is 1. The van der Waals surface area contributed by atoms with Gasteiger partial charge in [0.25, 0.3) is 0 Å². The van der Waals surface area contributed by atoms with E-state index in [0.717, 1.165) is 12.0 Å². The Morgan fingerprint density at radius 3 is 2.60 bits per heavy atom. The van der Waals surface area contributed by atoms with Gasteiger partial charge in [0.05, 0.1) is 14.2 Å². The van der Waals surface area contributed by atoms with E-state index in [2.05, 4.69) is 17.2 Å². The molecular weight excluding hydrogens is 258 g/mol. The van der Waals surface area contributed by atoms with Crippen molar-refractivity contribution in [3.63, 3.8) is 0 Å². The number of aryl methyl sites for hydroxylation is 1. The van der Waals surface area contributed by atoms with Crippen LogP contribution in [0, 0.1) is 11.8 Å². The maximum atomic E-state index is 11.6. The summed E-state index contributed by atoms with van der Waals surface area (Å²) in [5.74, 6) is 6.53. The van der Waals surface area contributed by atoms with Gasteiger partial charge in [-0.25, -0.2) is 4.79 Å². The number of amides is 1. The van der Waals surface area contributed by atoms with Gasteiger partial charge in [-0.05, 0) is 25.0 Å². The minimum atomic E-state index is -0.554. The van der Waals surface area contributed by atoms with Gasteiger partial charge in [0.2, 0.25) is 0 Å². The summed E-state index contributed by atoms with van der Waals surface area (Å²) in [6.07, 6.45) is 0.202. The van der Waals surface area contributed by atoms with E-state index in [1.54, 1.807) is 27.2 Å². The van der Waals surface area contributed by atoms with Gasteiger partial charge in [-0.2, -0.15) is 0 Å². The Bertz CT molecular complexity index is 503. The number of nitrogens with one attached hydrogen (secondary N) is 1. The largest absolute Gasteiger partial charge is 0.493 e. The zero-order chi connectivity index (χ0) is 15.0. The van der Waals surface area contributed by atoms with E-state index in [0.29, 0.717) is 17.2 Å². The summed E-state index contributed by atoms with van der Waals surface area (Å²) in [5.41, 5.74) is 1.53. The highest BCUT2D eigenvalue weighted by atomic mass is 16.5. The Morgan fingerprint density at radius 1 is 1.30 bits per heavy atom. The van der Waals surface area contributed by atoms with Crippen LogP contribution in [-0.2, 0) is 11.2 Å². The van der Waals surface area contributed by atoms with Crippen molar-refractivity contribution in [1.29, 1.82) is 0 Å². The summed E-state index contributed by atoms with van der Waals surface area (Å²) in [7, 11) is 3.14. The fraction of sp³-hybridized carbons (Fsp3) is 0.400. The normalized spacial score (nSPS) is 9.20. The average Bonchev–Trinajstić information content (AvgIpc) is 2.46. The molecule has 1 amide bonds. The molecular formula is C15H19NO4. The van der Waals surface area contributed by atoms with Crippen molar-refractivity contribution in [3.8, 4) is 23.3 Å². The van der Waals surface area contributed by atoms with E-state index in [9.17, 15) is 4.79 Å². The van der Waals surface area contributed by atoms with Crippen LogP contribution in [0.25, 0.3) is 0 Å². The molecule has 0 aliphatic heterocycles. The topological polar surface area (TPSA) is 56.8 Å². The number of carbonyl (C=O) groups is 1. The van der Waals surface area contributed by atoms with E-state index >= 15 is 0 Å². The highest BCUT2D eigenvalue weighted by molar-refractivity contribution is 5.85. The van der Waals surface area contributed by atoms with Crippen LogP contribution < -0.4 is 14.8 Å². The lowest BCUT2D eigenvalue weighted by atomic mass is 10.1. The molecule has 1 rings (SSSR count). The molecule has 0 atom stereocenters. The molecule has 0 aliphatic carbocycles. The first-order valence-electron chi connectivity index (χ1n) is 6.24. The molecule has 0 bridgehead atoms. The molecule has 0 spiro atoms. The monoisotopic (exact) mass is 277 g/mol. The Morgan fingerprint density at radius 2 is 2.05 bits per heavy atom. The third-order valence-electron chi connectivity index (χ3n) is 2.64. The van der Waals surface area contributed by atoms with Crippen LogP contribution in [0.2, 0.25) is 0 Å². The number of hydrogen-bond donors (Lipinski definition) is 1. The molecule has 0 radical (unpaired) electrons.